The van der Waals surface area contributed by atoms with Crippen LogP contribution < -0.4 is 15.4 Å². The van der Waals surface area contributed by atoms with Crippen molar-refractivity contribution in [2.24, 2.45) is 4.99 Å². The van der Waals surface area contributed by atoms with Crippen molar-refractivity contribution < 1.29 is 26.3 Å². The van der Waals surface area contributed by atoms with Gasteiger partial charge in [-0.3, -0.25) is 4.99 Å². The molecular weight excluding hydrogens is 546 g/mol. The summed E-state index contributed by atoms with van der Waals surface area (Å²) in [6.45, 7) is -0.172. The van der Waals surface area contributed by atoms with Crippen LogP contribution >= 0.6 is 24.0 Å². The van der Waals surface area contributed by atoms with Gasteiger partial charge in [0, 0.05) is 26.4 Å². The number of guanidine groups is 1. The Bertz CT molecular complexity index is 989. The molecular formula is C20H25F3IN3O3S. The highest BCUT2D eigenvalue weighted by Gasteiger charge is 2.11. The lowest BCUT2D eigenvalue weighted by Gasteiger charge is -2.15. The van der Waals surface area contributed by atoms with Gasteiger partial charge in [0.05, 0.1) is 5.75 Å². The van der Waals surface area contributed by atoms with E-state index in [0.717, 1.165) is 11.8 Å². The van der Waals surface area contributed by atoms with Gasteiger partial charge in [0.2, 0.25) is 0 Å². The first-order chi connectivity index (χ1) is 14.2. The van der Waals surface area contributed by atoms with Crippen LogP contribution in [0.1, 0.15) is 16.7 Å². The van der Waals surface area contributed by atoms with Crippen LogP contribution in [0.2, 0.25) is 0 Å². The van der Waals surface area contributed by atoms with E-state index in [-0.39, 0.29) is 36.3 Å². The van der Waals surface area contributed by atoms with E-state index in [1.54, 1.807) is 31.3 Å². The second kappa shape index (κ2) is 12.7. The Balaban J connectivity index is 0.00000480. The molecule has 0 aliphatic heterocycles. The summed E-state index contributed by atoms with van der Waals surface area (Å²) < 4.78 is 66.4. The predicted octanol–water partition coefficient (Wildman–Crippen LogP) is 3.50. The van der Waals surface area contributed by atoms with Gasteiger partial charge in [-0.25, -0.2) is 21.6 Å². The van der Waals surface area contributed by atoms with Crippen molar-refractivity contribution in [1.82, 2.24) is 10.6 Å². The van der Waals surface area contributed by atoms with Crippen molar-refractivity contribution in [2.45, 2.75) is 25.3 Å². The fraction of sp³-hybridized carbons (Fsp3) is 0.350. The van der Waals surface area contributed by atoms with Crippen molar-refractivity contribution in [3.05, 3.63) is 65.0 Å². The number of sulfone groups is 1. The van der Waals surface area contributed by atoms with Crippen LogP contribution in [-0.4, -0.2) is 40.7 Å². The van der Waals surface area contributed by atoms with Gasteiger partial charge in [-0.05, 0) is 41.0 Å². The molecule has 2 aromatic rings. The third kappa shape index (κ3) is 10.2. The Morgan fingerprint density at radius 3 is 2.45 bits per heavy atom. The number of alkyl halides is 2. The van der Waals surface area contributed by atoms with Crippen LogP contribution in [0.25, 0.3) is 0 Å². The lowest BCUT2D eigenvalue weighted by molar-refractivity contribution is 0.0818. The summed E-state index contributed by atoms with van der Waals surface area (Å²) in [6.07, 6.45) is -1.43. The molecule has 0 radical (unpaired) electrons. The average Bonchev–Trinajstić information content (AvgIpc) is 2.67. The Hall–Kier alpha value is -2.02. The summed E-state index contributed by atoms with van der Waals surface area (Å²) in [5.41, 5.74) is 1.80. The molecule has 0 saturated heterocycles. The van der Waals surface area contributed by atoms with Crippen LogP contribution in [0.3, 0.4) is 0 Å². The van der Waals surface area contributed by atoms with Crippen LogP contribution in [0.4, 0.5) is 13.2 Å². The molecule has 2 rings (SSSR count). The first-order valence-corrected chi connectivity index (χ1v) is 11.1. The van der Waals surface area contributed by atoms with Crippen LogP contribution in [0.5, 0.6) is 5.75 Å². The number of hydrogen-bond acceptors (Lipinski definition) is 4. The van der Waals surface area contributed by atoms with Gasteiger partial charge in [0.15, 0.2) is 15.8 Å². The largest absolute Gasteiger partial charge is 0.488 e. The van der Waals surface area contributed by atoms with Crippen molar-refractivity contribution in [1.29, 1.82) is 0 Å². The number of rotatable bonds is 9. The smallest absolute Gasteiger partial charge is 0.272 e. The molecule has 0 unspecified atom stereocenters. The molecule has 0 aliphatic rings. The fourth-order valence-electron chi connectivity index (χ4n) is 2.67. The molecule has 172 valence electrons. The highest BCUT2D eigenvalue weighted by atomic mass is 127. The highest BCUT2D eigenvalue weighted by Crippen LogP contribution is 2.15. The normalized spacial score (nSPS) is 11.7. The van der Waals surface area contributed by atoms with E-state index in [4.69, 9.17) is 4.74 Å². The third-order valence-electron chi connectivity index (χ3n) is 3.99. The summed E-state index contributed by atoms with van der Waals surface area (Å²) in [7, 11) is -1.72. The fourth-order valence-corrected chi connectivity index (χ4v) is 3.52. The van der Waals surface area contributed by atoms with Gasteiger partial charge < -0.3 is 15.4 Å². The van der Waals surface area contributed by atoms with E-state index >= 15 is 0 Å². The lowest BCUT2D eigenvalue weighted by Crippen LogP contribution is -2.36. The minimum absolute atomic E-state index is 0. The van der Waals surface area contributed by atoms with Crippen LogP contribution in [-0.2, 0) is 28.7 Å². The summed E-state index contributed by atoms with van der Waals surface area (Å²) >= 11 is 0. The van der Waals surface area contributed by atoms with E-state index in [1.807, 2.05) is 0 Å². The molecule has 0 atom stereocenters. The monoisotopic (exact) mass is 571 g/mol. The number of nitrogens with zero attached hydrogens (tertiary/aromatic N) is 1. The van der Waals surface area contributed by atoms with E-state index < -0.39 is 28.7 Å². The van der Waals surface area contributed by atoms with Crippen LogP contribution in [0, 0.1) is 5.82 Å². The van der Waals surface area contributed by atoms with Crippen molar-refractivity contribution in [2.75, 3.05) is 19.9 Å². The SMILES string of the molecule is CN=C(NCc1cccc(OCC(F)F)c1)NCc1cc(F)ccc1CS(C)(=O)=O.I. The van der Waals surface area contributed by atoms with Crippen LogP contribution in [0.15, 0.2) is 47.5 Å². The zero-order valence-corrected chi connectivity index (χ0v) is 20.2. The molecule has 0 spiro atoms. The van der Waals surface area contributed by atoms with Crippen molar-refractivity contribution >= 4 is 39.8 Å². The summed E-state index contributed by atoms with van der Waals surface area (Å²) in [6, 6.07) is 10.7. The van der Waals surface area contributed by atoms with Gasteiger partial charge in [-0.2, -0.15) is 0 Å². The van der Waals surface area contributed by atoms with E-state index in [0.29, 0.717) is 29.4 Å². The number of nitrogens with one attached hydrogen (secondary N) is 2. The first kappa shape index (κ1) is 27.0. The van der Waals surface area contributed by atoms with Gasteiger partial charge in [-0.15, -0.1) is 24.0 Å². The number of ether oxygens (including phenoxy) is 1. The highest BCUT2D eigenvalue weighted by molar-refractivity contribution is 14.0. The van der Waals surface area contributed by atoms with Crippen molar-refractivity contribution in [3.63, 3.8) is 0 Å². The van der Waals surface area contributed by atoms with Gasteiger partial charge >= 0.3 is 0 Å². The Morgan fingerprint density at radius 2 is 1.81 bits per heavy atom. The van der Waals surface area contributed by atoms with E-state index in [2.05, 4.69) is 15.6 Å². The maximum absolute atomic E-state index is 13.6. The molecule has 0 aromatic heterocycles. The molecule has 0 amide bonds. The number of hydrogen-bond donors (Lipinski definition) is 2. The second-order valence-corrected chi connectivity index (χ2v) is 8.75. The van der Waals surface area contributed by atoms with E-state index in [1.165, 1.54) is 18.2 Å². The minimum Gasteiger partial charge on any atom is -0.488 e. The Labute approximate surface area is 197 Å². The molecule has 11 heteroatoms. The number of halogens is 4. The molecule has 0 aliphatic carbocycles. The summed E-state index contributed by atoms with van der Waals surface area (Å²) in [4.78, 5) is 4.08. The molecule has 31 heavy (non-hydrogen) atoms. The zero-order chi connectivity index (χ0) is 22.1. The standard InChI is InChI=1S/C20H24F3N3O3S.HI/c1-24-20(25-10-14-4-3-5-18(8-14)29-12-19(22)23)26-11-16-9-17(21)7-6-15(16)13-30(2,27)28;/h3-9,19H,10-13H2,1-2H3,(H2,24,25,26);1H. The minimum atomic E-state index is -3.27. The summed E-state index contributed by atoms with van der Waals surface area (Å²) in [5, 5.41) is 6.06. The lowest BCUT2D eigenvalue weighted by atomic mass is 10.1. The number of benzene rings is 2. The number of aliphatic imine (C=N–C) groups is 1. The molecule has 0 heterocycles. The molecule has 6 nitrogen and oxygen atoms in total. The summed E-state index contributed by atoms with van der Waals surface area (Å²) in [5.74, 6) is 0.0839. The Kier molecular flexibility index (Phi) is 11.1. The zero-order valence-electron chi connectivity index (χ0n) is 17.1. The molecule has 0 bridgehead atoms. The topological polar surface area (TPSA) is 79.8 Å². The van der Waals surface area contributed by atoms with Crippen molar-refractivity contribution in [3.8, 4) is 5.75 Å². The Morgan fingerprint density at radius 1 is 1.10 bits per heavy atom. The maximum Gasteiger partial charge on any atom is 0.272 e. The van der Waals surface area contributed by atoms with Gasteiger partial charge in [0.25, 0.3) is 6.43 Å². The average molecular weight is 571 g/mol. The van der Waals surface area contributed by atoms with Gasteiger partial charge in [0.1, 0.15) is 18.2 Å². The molecule has 2 aromatic carbocycles. The molecule has 0 saturated carbocycles. The third-order valence-corrected chi connectivity index (χ3v) is 4.83. The first-order valence-electron chi connectivity index (χ1n) is 9.05. The molecule has 2 N–H and O–H groups in total. The van der Waals surface area contributed by atoms with Gasteiger partial charge in [-0.1, -0.05) is 18.2 Å². The molecule has 0 fully saturated rings. The maximum atomic E-state index is 13.6. The predicted molar refractivity (Wildman–Crippen MR) is 125 cm³/mol. The quantitative estimate of drug-likeness (QED) is 0.274. The second-order valence-electron chi connectivity index (χ2n) is 6.61. The van der Waals surface area contributed by atoms with E-state index in [9.17, 15) is 21.6 Å².